The van der Waals surface area contributed by atoms with Gasteiger partial charge in [0.1, 0.15) is 0 Å². The number of anilines is 1. The molecule has 0 atom stereocenters. The molecule has 0 spiro atoms. The first-order valence-corrected chi connectivity index (χ1v) is 7.80. The predicted octanol–water partition coefficient (Wildman–Crippen LogP) is 2.90. The van der Waals surface area contributed by atoms with E-state index in [0.717, 1.165) is 16.9 Å². The van der Waals surface area contributed by atoms with E-state index in [9.17, 15) is 9.59 Å². The normalized spacial score (nSPS) is 10.7. The van der Waals surface area contributed by atoms with Gasteiger partial charge in [0.15, 0.2) is 0 Å². The van der Waals surface area contributed by atoms with E-state index in [1.54, 1.807) is 10.9 Å². The van der Waals surface area contributed by atoms with Gasteiger partial charge < -0.3 is 15.7 Å². The van der Waals surface area contributed by atoms with Crippen LogP contribution in [0.15, 0.2) is 30.5 Å². The molecule has 0 unspecified atom stereocenters. The summed E-state index contributed by atoms with van der Waals surface area (Å²) >= 11 is 0. The van der Waals surface area contributed by atoms with E-state index in [0.29, 0.717) is 5.69 Å². The number of hydrogen-bond acceptors (Lipinski definition) is 3. The molecule has 2 rings (SSSR count). The highest BCUT2D eigenvalue weighted by Gasteiger charge is 2.17. The Morgan fingerprint density at radius 2 is 1.92 bits per heavy atom. The third kappa shape index (κ3) is 4.34. The third-order valence-electron chi connectivity index (χ3n) is 3.50. The topological polar surface area (TPSA) is 96.3 Å². The number of hydrogen-bond donors (Lipinski definition) is 3. The number of carboxylic acids is 1. The summed E-state index contributed by atoms with van der Waals surface area (Å²) in [5, 5.41) is 18.2. The second-order valence-corrected chi connectivity index (χ2v) is 5.87. The lowest BCUT2D eigenvalue weighted by Crippen LogP contribution is -2.30. The van der Waals surface area contributed by atoms with Crippen LogP contribution in [-0.2, 0) is 4.79 Å². The maximum absolute atomic E-state index is 11.9. The van der Waals surface area contributed by atoms with Gasteiger partial charge in [0, 0.05) is 6.54 Å². The average molecular weight is 330 g/mol. The zero-order valence-electron chi connectivity index (χ0n) is 14.0. The Morgan fingerprint density at radius 3 is 2.50 bits per heavy atom. The lowest BCUT2D eigenvalue weighted by Gasteiger charge is -2.14. The highest BCUT2D eigenvalue weighted by atomic mass is 16.4. The van der Waals surface area contributed by atoms with Gasteiger partial charge in [-0.2, -0.15) is 5.10 Å². The maximum atomic E-state index is 11.9. The van der Waals surface area contributed by atoms with Gasteiger partial charge in [-0.1, -0.05) is 31.5 Å². The molecule has 0 saturated heterocycles. The van der Waals surface area contributed by atoms with Crippen LogP contribution in [0.25, 0.3) is 5.69 Å². The van der Waals surface area contributed by atoms with Crippen molar-refractivity contribution in [3.05, 3.63) is 41.7 Å². The van der Waals surface area contributed by atoms with Crippen molar-refractivity contribution in [1.82, 2.24) is 15.1 Å². The smallest absolute Gasteiger partial charge is 0.319 e. The number of carbonyl (C=O) groups is 2. The molecule has 1 aromatic heterocycles. The molecule has 3 N–H and O–H groups in total. The summed E-state index contributed by atoms with van der Waals surface area (Å²) in [5.41, 5.74) is 3.57. The Hall–Kier alpha value is -2.83. The van der Waals surface area contributed by atoms with Gasteiger partial charge in [-0.15, -0.1) is 0 Å². The first kappa shape index (κ1) is 17.5. The molecule has 1 aromatic carbocycles. The number of urea groups is 1. The van der Waals surface area contributed by atoms with Crippen LogP contribution in [0, 0.1) is 6.92 Å². The largest absolute Gasteiger partial charge is 0.481 e. The quantitative estimate of drug-likeness (QED) is 0.759. The second kappa shape index (κ2) is 7.63. The number of nitrogens with one attached hydrogen (secondary N) is 2. The number of aryl methyl sites for hydroxylation is 1. The van der Waals surface area contributed by atoms with Crippen LogP contribution in [0.1, 0.15) is 37.4 Å². The van der Waals surface area contributed by atoms with E-state index in [2.05, 4.69) is 15.7 Å². The number of rotatable bonds is 6. The Balaban J connectivity index is 2.17. The van der Waals surface area contributed by atoms with E-state index < -0.39 is 12.0 Å². The van der Waals surface area contributed by atoms with Crippen LogP contribution >= 0.6 is 0 Å². The molecule has 128 valence electrons. The Labute approximate surface area is 140 Å². The van der Waals surface area contributed by atoms with Crippen molar-refractivity contribution in [2.45, 2.75) is 33.1 Å². The monoisotopic (exact) mass is 330 g/mol. The summed E-state index contributed by atoms with van der Waals surface area (Å²) in [6.45, 7) is 6.14. The van der Waals surface area contributed by atoms with Crippen LogP contribution in [0.5, 0.6) is 0 Å². The van der Waals surface area contributed by atoms with Crippen molar-refractivity contribution in [3.63, 3.8) is 0 Å². The maximum Gasteiger partial charge on any atom is 0.319 e. The zero-order chi connectivity index (χ0) is 17.7. The highest BCUT2D eigenvalue weighted by Crippen LogP contribution is 2.26. The molecule has 24 heavy (non-hydrogen) atoms. The summed E-state index contributed by atoms with van der Waals surface area (Å²) in [7, 11) is 0. The summed E-state index contributed by atoms with van der Waals surface area (Å²) in [6, 6.07) is 7.52. The van der Waals surface area contributed by atoms with Crippen molar-refractivity contribution in [2.75, 3.05) is 11.9 Å². The molecule has 0 fully saturated rings. The molecule has 0 radical (unpaired) electrons. The average Bonchev–Trinajstić information content (AvgIpc) is 2.91. The zero-order valence-corrected chi connectivity index (χ0v) is 14.0. The van der Waals surface area contributed by atoms with E-state index >= 15 is 0 Å². The Bertz CT molecular complexity index is 720. The number of carbonyl (C=O) groups excluding carboxylic acids is 1. The van der Waals surface area contributed by atoms with Gasteiger partial charge >= 0.3 is 12.0 Å². The summed E-state index contributed by atoms with van der Waals surface area (Å²) < 4.78 is 1.80. The van der Waals surface area contributed by atoms with Crippen molar-refractivity contribution >= 4 is 17.7 Å². The van der Waals surface area contributed by atoms with Crippen molar-refractivity contribution in [2.24, 2.45) is 0 Å². The molecule has 7 heteroatoms. The SMILES string of the molecule is Cc1ccc(-n2ncc(NC(=O)NCCC(=O)O)c2C(C)C)cc1. The van der Waals surface area contributed by atoms with Crippen molar-refractivity contribution in [3.8, 4) is 5.69 Å². The van der Waals surface area contributed by atoms with E-state index in [1.165, 1.54) is 0 Å². The summed E-state index contributed by atoms with van der Waals surface area (Å²) in [5.74, 6) is -0.812. The number of carboxylic acid groups (broad SMARTS) is 1. The van der Waals surface area contributed by atoms with Crippen LogP contribution in [-0.4, -0.2) is 33.4 Å². The van der Waals surface area contributed by atoms with Crippen LogP contribution in [0.4, 0.5) is 10.5 Å². The van der Waals surface area contributed by atoms with E-state index in [4.69, 9.17) is 5.11 Å². The number of nitrogens with zero attached hydrogens (tertiary/aromatic N) is 2. The molecule has 0 aliphatic rings. The molecule has 2 aromatic rings. The van der Waals surface area contributed by atoms with Crippen LogP contribution in [0.3, 0.4) is 0 Å². The van der Waals surface area contributed by atoms with Crippen molar-refractivity contribution < 1.29 is 14.7 Å². The fourth-order valence-electron chi connectivity index (χ4n) is 2.35. The van der Waals surface area contributed by atoms with Crippen LogP contribution < -0.4 is 10.6 Å². The first-order chi connectivity index (χ1) is 11.4. The Morgan fingerprint density at radius 1 is 1.25 bits per heavy atom. The predicted molar refractivity (Wildman–Crippen MR) is 91.7 cm³/mol. The molecule has 0 aliphatic heterocycles. The van der Waals surface area contributed by atoms with E-state index in [-0.39, 0.29) is 18.9 Å². The summed E-state index contributed by atoms with van der Waals surface area (Å²) in [4.78, 5) is 22.4. The third-order valence-corrected chi connectivity index (χ3v) is 3.50. The van der Waals surface area contributed by atoms with E-state index in [1.807, 2.05) is 45.0 Å². The molecule has 1 heterocycles. The minimum absolute atomic E-state index is 0.0737. The van der Waals surface area contributed by atoms with Crippen molar-refractivity contribution in [1.29, 1.82) is 0 Å². The molecule has 7 nitrogen and oxygen atoms in total. The van der Waals surface area contributed by atoms with Gasteiger partial charge in [0.25, 0.3) is 0 Å². The van der Waals surface area contributed by atoms with Gasteiger partial charge in [-0.05, 0) is 25.0 Å². The number of benzene rings is 1. The second-order valence-electron chi connectivity index (χ2n) is 5.87. The first-order valence-electron chi connectivity index (χ1n) is 7.80. The molecule has 0 aliphatic carbocycles. The van der Waals surface area contributed by atoms with Gasteiger partial charge in [0.05, 0.1) is 29.7 Å². The Kier molecular flexibility index (Phi) is 5.57. The molecule has 0 saturated carbocycles. The number of amides is 2. The minimum atomic E-state index is -0.953. The standard InChI is InChI=1S/C17H22N4O3/c1-11(2)16-14(20-17(24)18-9-8-15(22)23)10-19-21(16)13-6-4-12(3)5-7-13/h4-7,10-11H,8-9H2,1-3H3,(H,22,23)(H2,18,20,24). The summed E-state index contributed by atoms with van der Waals surface area (Å²) in [6.07, 6.45) is 1.49. The fraction of sp³-hybridized carbons (Fsp3) is 0.353. The molecular weight excluding hydrogens is 308 g/mol. The fourth-order valence-corrected chi connectivity index (χ4v) is 2.35. The number of aliphatic carboxylic acids is 1. The lowest BCUT2D eigenvalue weighted by molar-refractivity contribution is -0.136. The minimum Gasteiger partial charge on any atom is -0.481 e. The molecular formula is C17H22N4O3. The number of aromatic nitrogens is 2. The lowest BCUT2D eigenvalue weighted by atomic mass is 10.1. The van der Waals surface area contributed by atoms with Gasteiger partial charge in [-0.3, -0.25) is 4.79 Å². The van der Waals surface area contributed by atoms with Crippen LogP contribution in [0.2, 0.25) is 0 Å². The molecule has 2 amide bonds. The molecule has 0 bridgehead atoms. The van der Waals surface area contributed by atoms with Gasteiger partial charge in [-0.25, -0.2) is 9.48 Å². The highest BCUT2D eigenvalue weighted by molar-refractivity contribution is 5.90. The van der Waals surface area contributed by atoms with Gasteiger partial charge in [0.2, 0.25) is 0 Å².